The summed E-state index contributed by atoms with van der Waals surface area (Å²) in [5.41, 5.74) is 8.17. The molecule has 4 nitrogen and oxygen atoms in total. The summed E-state index contributed by atoms with van der Waals surface area (Å²) < 4.78 is 2.19. The summed E-state index contributed by atoms with van der Waals surface area (Å²) in [7, 11) is 0. The fourth-order valence-corrected chi connectivity index (χ4v) is 2.51. The van der Waals surface area contributed by atoms with Crippen LogP contribution in [-0.2, 0) is 6.42 Å². The molecule has 1 heterocycles. The smallest absolute Gasteiger partial charge is 0.0874 e. The van der Waals surface area contributed by atoms with Gasteiger partial charge in [-0.3, -0.25) is 0 Å². The highest BCUT2D eigenvalue weighted by Crippen LogP contribution is 2.45. The van der Waals surface area contributed by atoms with E-state index in [1.807, 2.05) is 0 Å². The minimum Gasteiger partial charge on any atom is -0.330 e. The van der Waals surface area contributed by atoms with Crippen molar-refractivity contribution in [3.8, 4) is 0 Å². The van der Waals surface area contributed by atoms with E-state index in [1.54, 1.807) is 0 Å². The molecule has 1 aromatic heterocycles. The van der Waals surface area contributed by atoms with Gasteiger partial charge in [0.15, 0.2) is 0 Å². The molecule has 0 aliphatic heterocycles. The predicted octanol–water partition coefficient (Wildman–Crippen LogP) is 1.63. The molecule has 2 aliphatic carbocycles. The molecule has 3 rings (SSSR count). The van der Waals surface area contributed by atoms with Gasteiger partial charge in [0.2, 0.25) is 0 Å². The Morgan fingerprint density at radius 3 is 2.69 bits per heavy atom. The number of rotatable bonds is 5. The molecule has 0 saturated heterocycles. The minimum absolute atomic E-state index is 0.537. The molecule has 2 aliphatic rings. The lowest BCUT2D eigenvalue weighted by Gasteiger charge is -2.14. The summed E-state index contributed by atoms with van der Waals surface area (Å²) in [5, 5.41) is 8.70. The Morgan fingerprint density at radius 2 is 2.12 bits per heavy atom. The largest absolute Gasteiger partial charge is 0.330 e. The van der Waals surface area contributed by atoms with Gasteiger partial charge < -0.3 is 5.73 Å². The van der Waals surface area contributed by atoms with Crippen LogP contribution in [0.25, 0.3) is 0 Å². The molecule has 4 heteroatoms. The van der Waals surface area contributed by atoms with Crippen LogP contribution in [0, 0.1) is 5.92 Å². The first-order chi connectivity index (χ1) is 7.81. The van der Waals surface area contributed by atoms with Gasteiger partial charge in [-0.2, -0.15) is 0 Å². The van der Waals surface area contributed by atoms with Crippen LogP contribution in [0.3, 0.4) is 0 Å². The van der Waals surface area contributed by atoms with Crippen LogP contribution in [0.5, 0.6) is 0 Å². The molecule has 88 valence electrons. The van der Waals surface area contributed by atoms with Crippen LogP contribution < -0.4 is 5.73 Å². The van der Waals surface area contributed by atoms with E-state index in [-0.39, 0.29) is 0 Å². The monoisotopic (exact) mass is 220 g/mol. The second-order valence-corrected chi connectivity index (χ2v) is 5.26. The molecule has 0 amide bonds. The van der Waals surface area contributed by atoms with Gasteiger partial charge in [-0.25, -0.2) is 4.68 Å². The van der Waals surface area contributed by atoms with Crippen LogP contribution in [0.1, 0.15) is 56.0 Å². The van der Waals surface area contributed by atoms with Crippen LogP contribution in [-0.4, -0.2) is 21.5 Å². The van der Waals surface area contributed by atoms with E-state index < -0.39 is 0 Å². The normalized spacial score (nSPS) is 22.4. The van der Waals surface area contributed by atoms with Crippen molar-refractivity contribution in [3.63, 3.8) is 0 Å². The molecule has 0 bridgehead atoms. The molecule has 16 heavy (non-hydrogen) atoms. The number of nitrogens with two attached hydrogens (primary N) is 1. The van der Waals surface area contributed by atoms with Gasteiger partial charge in [-0.1, -0.05) is 5.21 Å². The zero-order valence-corrected chi connectivity index (χ0v) is 9.89. The van der Waals surface area contributed by atoms with E-state index in [2.05, 4.69) is 21.9 Å². The van der Waals surface area contributed by atoms with Gasteiger partial charge in [0.1, 0.15) is 0 Å². The fraction of sp³-hybridized carbons (Fsp3) is 0.833. The quantitative estimate of drug-likeness (QED) is 0.820. The van der Waals surface area contributed by atoms with Gasteiger partial charge in [-0.05, 0) is 45.1 Å². The van der Waals surface area contributed by atoms with E-state index in [4.69, 9.17) is 5.73 Å². The molecule has 2 N–H and O–H groups in total. The van der Waals surface area contributed by atoms with Gasteiger partial charge in [-0.15, -0.1) is 5.10 Å². The lowest BCUT2D eigenvalue weighted by molar-refractivity contribution is 0.415. The standard InChI is InChI=1S/C12H20N4/c1-8(9-2-3-9)16-12(10-4-5-10)11(6-7-13)14-15-16/h8-10H,2-7,13H2,1H3. The summed E-state index contributed by atoms with van der Waals surface area (Å²) in [6.45, 7) is 2.96. The Hall–Kier alpha value is -0.900. The second kappa shape index (κ2) is 3.84. The maximum Gasteiger partial charge on any atom is 0.0874 e. The van der Waals surface area contributed by atoms with Crippen molar-refractivity contribution in [3.05, 3.63) is 11.4 Å². The van der Waals surface area contributed by atoms with Crippen LogP contribution in [0.15, 0.2) is 0 Å². The first-order valence-corrected chi connectivity index (χ1v) is 6.45. The zero-order chi connectivity index (χ0) is 11.1. The van der Waals surface area contributed by atoms with Crippen molar-refractivity contribution in [2.24, 2.45) is 11.7 Å². The summed E-state index contributed by atoms with van der Waals surface area (Å²) in [5.74, 6) is 1.56. The summed E-state index contributed by atoms with van der Waals surface area (Å²) in [6, 6.07) is 0.537. The molecule has 0 spiro atoms. The average Bonchev–Trinajstić information content (AvgIpc) is 3.16. The maximum absolute atomic E-state index is 5.63. The van der Waals surface area contributed by atoms with Crippen molar-refractivity contribution in [2.45, 2.75) is 51.0 Å². The first kappa shape index (κ1) is 10.3. The maximum atomic E-state index is 5.63. The van der Waals surface area contributed by atoms with E-state index in [0.29, 0.717) is 12.6 Å². The Kier molecular flexibility index (Phi) is 2.46. The Balaban J connectivity index is 1.90. The molecule has 1 unspecified atom stereocenters. The van der Waals surface area contributed by atoms with Gasteiger partial charge >= 0.3 is 0 Å². The first-order valence-electron chi connectivity index (χ1n) is 6.45. The van der Waals surface area contributed by atoms with Crippen LogP contribution in [0.2, 0.25) is 0 Å². The second-order valence-electron chi connectivity index (χ2n) is 5.26. The highest BCUT2D eigenvalue weighted by atomic mass is 15.4. The highest BCUT2D eigenvalue weighted by molar-refractivity contribution is 5.21. The molecule has 1 aromatic rings. The van der Waals surface area contributed by atoms with Crippen molar-refractivity contribution >= 4 is 0 Å². The number of aromatic nitrogens is 3. The number of hydrogen-bond donors (Lipinski definition) is 1. The minimum atomic E-state index is 0.537. The van der Waals surface area contributed by atoms with Crippen molar-refractivity contribution in [1.82, 2.24) is 15.0 Å². The molecule has 2 saturated carbocycles. The Labute approximate surface area is 96.2 Å². The lowest BCUT2D eigenvalue weighted by atomic mass is 10.1. The van der Waals surface area contributed by atoms with Gasteiger partial charge in [0.25, 0.3) is 0 Å². The van der Waals surface area contributed by atoms with Crippen molar-refractivity contribution < 1.29 is 0 Å². The topological polar surface area (TPSA) is 56.7 Å². The van der Waals surface area contributed by atoms with Crippen molar-refractivity contribution in [2.75, 3.05) is 6.54 Å². The fourth-order valence-electron chi connectivity index (χ4n) is 2.51. The molecule has 2 fully saturated rings. The van der Waals surface area contributed by atoms with Gasteiger partial charge in [0, 0.05) is 12.3 Å². The van der Waals surface area contributed by atoms with E-state index in [1.165, 1.54) is 31.4 Å². The van der Waals surface area contributed by atoms with Crippen molar-refractivity contribution in [1.29, 1.82) is 0 Å². The average molecular weight is 220 g/mol. The molecular formula is C12H20N4. The molecule has 0 radical (unpaired) electrons. The Bertz CT molecular complexity index is 376. The number of nitrogens with zero attached hydrogens (tertiary/aromatic N) is 3. The third-order valence-electron chi connectivity index (χ3n) is 3.84. The van der Waals surface area contributed by atoms with Crippen LogP contribution in [0.4, 0.5) is 0 Å². The molecular weight excluding hydrogens is 200 g/mol. The zero-order valence-electron chi connectivity index (χ0n) is 9.89. The Morgan fingerprint density at radius 1 is 1.38 bits per heavy atom. The summed E-state index contributed by atoms with van der Waals surface area (Å²) >= 11 is 0. The van der Waals surface area contributed by atoms with Crippen LogP contribution >= 0.6 is 0 Å². The van der Waals surface area contributed by atoms with Gasteiger partial charge in [0.05, 0.1) is 17.4 Å². The highest BCUT2D eigenvalue weighted by Gasteiger charge is 2.36. The van der Waals surface area contributed by atoms with E-state index in [0.717, 1.165) is 24.0 Å². The predicted molar refractivity (Wildman–Crippen MR) is 62.2 cm³/mol. The molecule has 0 aromatic carbocycles. The molecule has 1 atom stereocenters. The third kappa shape index (κ3) is 1.75. The lowest BCUT2D eigenvalue weighted by Crippen LogP contribution is -2.13. The SMILES string of the molecule is CC(C1CC1)n1nnc(CCN)c1C1CC1. The summed E-state index contributed by atoms with van der Waals surface area (Å²) in [6.07, 6.45) is 6.21. The summed E-state index contributed by atoms with van der Waals surface area (Å²) in [4.78, 5) is 0. The number of hydrogen-bond acceptors (Lipinski definition) is 3. The van der Waals surface area contributed by atoms with E-state index >= 15 is 0 Å². The third-order valence-corrected chi connectivity index (χ3v) is 3.84. The van der Waals surface area contributed by atoms with E-state index in [9.17, 15) is 0 Å².